The Balaban J connectivity index is 2.58. The molecule has 0 aromatic heterocycles. The molecule has 0 bridgehead atoms. The van der Waals surface area contributed by atoms with Crippen molar-refractivity contribution in [2.24, 2.45) is 5.73 Å². The van der Waals surface area contributed by atoms with Crippen molar-refractivity contribution in [2.75, 3.05) is 11.5 Å². The molecular formula is C8H16N2O2S3. The minimum absolute atomic E-state index is 0.0210. The van der Waals surface area contributed by atoms with Crippen LogP contribution in [0.1, 0.15) is 19.8 Å². The van der Waals surface area contributed by atoms with Crippen molar-refractivity contribution in [3.05, 3.63) is 0 Å². The molecular weight excluding hydrogens is 252 g/mol. The first kappa shape index (κ1) is 13.2. The predicted molar refractivity (Wildman–Crippen MR) is 68.6 cm³/mol. The lowest BCUT2D eigenvalue weighted by Crippen LogP contribution is -2.45. The van der Waals surface area contributed by atoms with Gasteiger partial charge in [-0.3, -0.25) is 0 Å². The van der Waals surface area contributed by atoms with Gasteiger partial charge in [0, 0.05) is 6.04 Å². The molecule has 3 N–H and O–H groups in total. The van der Waals surface area contributed by atoms with Crippen molar-refractivity contribution in [2.45, 2.75) is 31.1 Å². The maximum atomic E-state index is 11.8. The maximum absolute atomic E-state index is 11.8. The molecule has 1 rings (SSSR count). The number of thiocarbonyl (C=S) groups is 1. The normalized spacial score (nSPS) is 21.1. The molecule has 88 valence electrons. The monoisotopic (exact) mass is 268 g/mol. The number of hydrogen-bond acceptors (Lipinski definition) is 4. The van der Waals surface area contributed by atoms with E-state index in [0.717, 1.165) is 24.3 Å². The molecule has 7 heteroatoms. The third kappa shape index (κ3) is 3.90. The Bertz CT molecular complexity index is 323. The van der Waals surface area contributed by atoms with E-state index in [1.165, 1.54) is 6.92 Å². The first-order valence-corrected chi connectivity index (χ1v) is 7.92. The average molecular weight is 268 g/mol. The first-order valence-electron chi connectivity index (χ1n) is 4.81. The Hall–Kier alpha value is 0.150. The van der Waals surface area contributed by atoms with Gasteiger partial charge in [-0.15, -0.1) is 0 Å². The zero-order valence-electron chi connectivity index (χ0n) is 8.60. The van der Waals surface area contributed by atoms with Crippen LogP contribution in [0.15, 0.2) is 0 Å². The topological polar surface area (TPSA) is 72.2 Å². The molecule has 1 fully saturated rings. The van der Waals surface area contributed by atoms with Gasteiger partial charge in [0.1, 0.15) is 5.25 Å². The summed E-state index contributed by atoms with van der Waals surface area (Å²) in [6.07, 6.45) is 1.77. The molecule has 1 heterocycles. The third-order valence-corrected chi connectivity index (χ3v) is 5.82. The molecule has 1 atom stereocenters. The maximum Gasteiger partial charge on any atom is 0.220 e. The summed E-state index contributed by atoms with van der Waals surface area (Å²) < 4.78 is 26.2. The molecule has 0 saturated carbocycles. The van der Waals surface area contributed by atoms with Crippen LogP contribution in [0.4, 0.5) is 0 Å². The Morgan fingerprint density at radius 2 is 2.07 bits per heavy atom. The van der Waals surface area contributed by atoms with E-state index in [1.54, 1.807) is 0 Å². The van der Waals surface area contributed by atoms with E-state index in [-0.39, 0.29) is 11.0 Å². The summed E-state index contributed by atoms with van der Waals surface area (Å²) in [5.74, 6) is 2.02. The summed E-state index contributed by atoms with van der Waals surface area (Å²) in [7, 11) is -3.38. The minimum Gasteiger partial charge on any atom is -0.392 e. The molecule has 0 amide bonds. The highest BCUT2D eigenvalue weighted by Crippen LogP contribution is 2.18. The molecule has 1 unspecified atom stereocenters. The molecule has 0 spiro atoms. The molecule has 1 saturated heterocycles. The van der Waals surface area contributed by atoms with Gasteiger partial charge in [0.2, 0.25) is 10.0 Å². The molecule has 0 radical (unpaired) electrons. The summed E-state index contributed by atoms with van der Waals surface area (Å²) in [6.45, 7) is 1.52. The molecule has 0 aliphatic carbocycles. The third-order valence-electron chi connectivity index (χ3n) is 2.42. The number of rotatable bonds is 4. The standard InChI is InChI=1S/C8H16N2O2S3/c1-6(8(9)13)15(11,12)10-7-2-4-14-5-3-7/h6-7,10H,2-5H2,1H3,(H2,9,13). The molecule has 1 aliphatic heterocycles. The van der Waals surface area contributed by atoms with Crippen LogP contribution >= 0.6 is 24.0 Å². The van der Waals surface area contributed by atoms with Crippen molar-refractivity contribution >= 4 is 39.0 Å². The van der Waals surface area contributed by atoms with Gasteiger partial charge in [-0.05, 0) is 31.3 Å². The largest absolute Gasteiger partial charge is 0.392 e. The van der Waals surface area contributed by atoms with Gasteiger partial charge in [-0.1, -0.05) is 12.2 Å². The lowest BCUT2D eigenvalue weighted by atomic mass is 10.2. The summed E-state index contributed by atoms with van der Waals surface area (Å²) in [5.41, 5.74) is 5.34. The van der Waals surface area contributed by atoms with Crippen LogP contribution in [0.5, 0.6) is 0 Å². The fourth-order valence-corrected chi connectivity index (χ4v) is 4.00. The molecule has 0 aromatic rings. The fraction of sp³-hybridized carbons (Fsp3) is 0.875. The quantitative estimate of drug-likeness (QED) is 0.726. The van der Waals surface area contributed by atoms with E-state index >= 15 is 0 Å². The second kappa shape index (κ2) is 5.47. The zero-order valence-corrected chi connectivity index (χ0v) is 11.1. The molecule has 4 nitrogen and oxygen atoms in total. The number of nitrogens with two attached hydrogens (primary N) is 1. The van der Waals surface area contributed by atoms with Gasteiger partial charge in [0.05, 0.1) is 4.99 Å². The van der Waals surface area contributed by atoms with Crippen molar-refractivity contribution in [1.29, 1.82) is 0 Å². The smallest absolute Gasteiger partial charge is 0.220 e. The number of nitrogens with one attached hydrogen (secondary N) is 1. The Morgan fingerprint density at radius 1 is 1.53 bits per heavy atom. The second-order valence-electron chi connectivity index (χ2n) is 3.59. The highest BCUT2D eigenvalue weighted by atomic mass is 32.2. The summed E-state index contributed by atoms with van der Waals surface area (Å²) in [6, 6.07) is 0.0491. The van der Waals surface area contributed by atoms with Crippen LogP contribution in [0, 0.1) is 0 Å². The summed E-state index contributed by atoms with van der Waals surface area (Å²) >= 11 is 6.54. The molecule has 1 aliphatic rings. The SMILES string of the molecule is CC(C(N)=S)S(=O)(=O)NC1CCSCC1. The highest BCUT2D eigenvalue weighted by molar-refractivity contribution is 7.99. The summed E-state index contributed by atoms with van der Waals surface area (Å²) in [4.78, 5) is 0.0210. The predicted octanol–water partition coefficient (Wildman–Crippen LogP) is 0.476. The van der Waals surface area contributed by atoms with Gasteiger partial charge in [-0.25, -0.2) is 13.1 Å². The van der Waals surface area contributed by atoms with Crippen LogP contribution in [0.25, 0.3) is 0 Å². The van der Waals surface area contributed by atoms with Gasteiger partial charge < -0.3 is 5.73 Å². The van der Waals surface area contributed by atoms with Gasteiger partial charge in [0.25, 0.3) is 0 Å². The van der Waals surface area contributed by atoms with Crippen molar-refractivity contribution in [3.8, 4) is 0 Å². The van der Waals surface area contributed by atoms with Crippen LogP contribution in [0.2, 0.25) is 0 Å². The van der Waals surface area contributed by atoms with Crippen molar-refractivity contribution in [3.63, 3.8) is 0 Å². The fourth-order valence-electron chi connectivity index (χ4n) is 1.30. The lowest BCUT2D eigenvalue weighted by molar-refractivity contribution is 0.527. The van der Waals surface area contributed by atoms with Gasteiger partial charge in [0.15, 0.2) is 0 Å². The van der Waals surface area contributed by atoms with Crippen LogP contribution < -0.4 is 10.5 Å². The van der Waals surface area contributed by atoms with Crippen molar-refractivity contribution < 1.29 is 8.42 Å². The zero-order chi connectivity index (χ0) is 11.5. The molecule has 0 aromatic carbocycles. The highest BCUT2D eigenvalue weighted by Gasteiger charge is 2.27. The average Bonchev–Trinajstić information content (AvgIpc) is 2.17. The second-order valence-corrected chi connectivity index (χ2v) is 7.32. The van der Waals surface area contributed by atoms with E-state index in [0.29, 0.717) is 0 Å². The van der Waals surface area contributed by atoms with E-state index in [2.05, 4.69) is 16.9 Å². The number of thioether (sulfide) groups is 1. The van der Waals surface area contributed by atoms with Gasteiger partial charge in [-0.2, -0.15) is 11.8 Å². The lowest BCUT2D eigenvalue weighted by Gasteiger charge is -2.24. The van der Waals surface area contributed by atoms with E-state index in [1.807, 2.05) is 11.8 Å². The van der Waals surface area contributed by atoms with Gasteiger partial charge >= 0.3 is 0 Å². The van der Waals surface area contributed by atoms with Crippen molar-refractivity contribution in [1.82, 2.24) is 4.72 Å². The summed E-state index contributed by atoms with van der Waals surface area (Å²) in [5, 5.41) is -0.790. The van der Waals surface area contributed by atoms with Crippen LogP contribution in [0.3, 0.4) is 0 Å². The molecule has 15 heavy (non-hydrogen) atoms. The number of sulfonamides is 1. The minimum atomic E-state index is -3.38. The Morgan fingerprint density at radius 3 is 2.53 bits per heavy atom. The Kier molecular flexibility index (Phi) is 4.82. The van der Waals surface area contributed by atoms with E-state index in [9.17, 15) is 8.42 Å². The Labute approximate surface area is 100 Å². The number of hydrogen-bond donors (Lipinski definition) is 2. The first-order chi connectivity index (χ1) is 6.93. The van der Waals surface area contributed by atoms with E-state index in [4.69, 9.17) is 5.73 Å². The van der Waals surface area contributed by atoms with Crippen LogP contribution in [-0.2, 0) is 10.0 Å². The van der Waals surface area contributed by atoms with Crippen LogP contribution in [-0.4, -0.2) is 36.2 Å². The van der Waals surface area contributed by atoms with E-state index < -0.39 is 15.3 Å².